The summed E-state index contributed by atoms with van der Waals surface area (Å²) in [6.07, 6.45) is 1.16. The number of carbonyl (C=O) groups excluding carboxylic acids is 2. The van der Waals surface area contributed by atoms with Gasteiger partial charge in [0.15, 0.2) is 0 Å². The lowest BCUT2D eigenvalue weighted by atomic mass is 10.0. The Labute approximate surface area is 249 Å². The largest absolute Gasteiger partial charge is 0.495 e. The van der Waals surface area contributed by atoms with E-state index in [0.29, 0.717) is 27.9 Å². The first kappa shape index (κ1) is 31.5. The van der Waals surface area contributed by atoms with Crippen LogP contribution in [0.2, 0.25) is 15.1 Å². The van der Waals surface area contributed by atoms with Gasteiger partial charge in [-0.25, -0.2) is 8.42 Å². The Morgan fingerprint density at radius 2 is 1.60 bits per heavy atom. The predicted molar refractivity (Wildman–Crippen MR) is 160 cm³/mol. The first-order valence-electron chi connectivity index (χ1n) is 12.3. The summed E-state index contributed by atoms with van der Waals surface area (Å²) in [7, 11) is -2.52. The summed E-state index contributed by atoms with van der Waals surface area (Å²) < 4.78 is 31.9. The lowest BCUT2D eigenvalue weighted by Crippen LogP contribution is -2.53. The average molecular weight is 627 g/mol. The number of hydrogen-bond acceptors (Lipinski definition) is 5. The van der Waals surface area contributed by atoms with Gasteiger partial charge in [-0.05, 0) is 42.8 Å². The highest BCUT2D eigenvalue weighted by Gasteiger charge is 2.33. The number of likely N-dealkylation sites (N-methyl/N-ethyl adjacent to an activating group) is 1. The van der Waals surface area contributed by atoms with E-state index in [9.17, 15) is 18.0 Å². The molecule has 12 heteroatoms. The van der Waals surface area contributed by atoms with Crippen LogP contribution in [0.1, 0.15) is 18.1 Å². The fourth-order valence-corrected chi connectivity index (χ4v) is 5.73. The standard InChI is InChI=1S/C28H30Cl3N3O5S/c1-4-32-28(36)25(15-19-9-6-5-7-10-19)33(17-21-22(29)11-8-12-23(21)30)27(35)18-34(40(3,37)38)20-13-14-26(39-2)24(31)16-20/h5-14,16,25H,4,15,17-18H2,1-3H3,(H,32,36)/t25-/m1/s1. The second-order valence-electron chi connectivity index (χ2n) is 8.91. The molecule has 0 aliphatic carbocycles. The minimum Gasteiger partial charge on any atom is -0.495 e. The quantitative estimate of drug-likeness (QED) is 0.298. The normalized spacial score (nSPS) is 11.9. The Bertz CT molecular complexity index is 1430. The van der Waals surface area contributed by atoms with Gasteiger partial charge in [-0.15, -0.1) is 0 Å². The third-order valence-corrected chi connectivity index (χ3v) is 8.26. The molecular weight excluding hydrogens is 597 g/mol. The van der Waals surface area contributed by atoms with Gasteiger partial charge in [-0.1, -0.05) is 71.2 Å². The van der Waals surface area contributed by atoms with Crippen molar-refractivity contribution in [2.45, 2.75) is 25.9 Å². The van der Waals surface area contributed by atoms with Gasteiger partial charge in [0.25, 0.3) is 0 Å². The second kappa shape index (κ2) is 14.1. The molecule has 8 nitrogen and oxygen atoms in total. The van der Waals surface area contributed by atoms with Crippen LogP contribution in [0.5, 0.6) is 5.75 Å². The van der Waals surface area contributed by atoms with Crippen LogP contribution in [0.15, 0.2) is 66.7 Å². The zero-order chi connectivity index (χ0) is 29.4. The molecule has 0 saturated carbocycles. The SMILES string of the molecule is CCNC(=O)[C@@H](Cc1ccccc1)N(Cc1c(Cl)cccc1Cl)C(=O)CN(c1ccc(OC)c(Cl)c1)S(C)(=O)=O. The van der Waals surface area contributed by atoms with Crippen molar-refractivity contribution in [2.24, 2.45) is 0 Å². The van der Waals surface area contributed by atoms with Gasteiger partial charge >= 0.3 is 0 Å². The van der Waals surface area contributed by atoms with Crippen molar-refractivity contribution < 1.29 is 22.7 Å². The zero-order valence-electron chi connectivity index (χ0n) is 22.2. The molecule has 0 radical (unpaired) electrons. The van der Waals surface area contributed by atoms with Gasteiger partial charge in [0.1, 0.15) is 18.3 Å². The summed E-state index contributed by atoms with van der Waals surface area (Å²) >= 11 is 19.2. The molecule has 214 valence electrons. The number of nitrogens with zero attached hydrogens (tertiary/aromatic N) is 2. The molecule has 40 heavy (non-hydrogen) atoms. The maximum Gasteiger partial charge on any atom is 0.244 e. The minimum absolute atomic E-state index is 0.132. The molecule has 3 rings (SSSR count). The highest BCUT2D eigenvalue weighted by atomic mass is 35.5. The van der Waals surface area contributed by atoms with Gasteiger partial charge in [-0.2, -0.15) is 0 Å². The summed E-state index contributed by atoms with van der Waals surface area (Å²) in [4.78, 5) is 28.7. The van der Waals surface area contributed by atoms with Gasteiger partial charge in [0, 0.05) is 35.1 Å². The van der Waals surface area contributed by atoms with Crippen LogP contribution >= 0.6 is 34.8 Å². The monoisotopic (exact) mass is 625 g/mol. The van der Waals surface area contributed by atoms with Gasteiger partial charge < -0.3 is 15.0 Å². The van der Waals surface area contributed by atoms with E-state index in [4.69, 9.17) is 39.5 Å². The van der Waals surface area contributed by atoms with Crippen molar-refractivity contribution in [3.8, 4) is 5.75 Å². The molecule has 0 spiro atoms. The van der Waals surface area contributed by atoms with Crippen LogP contribution in [0.3, 0.4) is 0 Å². The lowest BCUT2D eigenvalue weighted by Gasteiger charge is -2.34. The van der Waals surface area contributed by atoms with E-state index in [1.54, 1.807) is 25.1 Å². The number of carbonyl (C=O) groups is 2. The van der Waals surface area contributed by atoms with Crippen LogP contribution in [-0.4, -0.2) is 57.6 Å². The molecule has 1 N–H and O–H groups in total. The maximum atomic E-state index is 14.0. The van der Waals surface area contributed by atoms with Crippen LogP contribution in [0, 0.1) is 0 Å². The zero-order valence-corrected chi connectivity index (χ0v) is 25.3. The fraction of sp³-hybridized carbons (Fsp3) is 0.286. The van der Waals surface area contributed by atoms with E-state index in [0.717, 1.165) is 16.1 Å². The molecule has 1 atom stereocenters. The van der Waals surface area contributed by atoms with E-state index in [1.807, 2.05) is 30.3 Å². The highest BCUT2D eigenvalue weighted by Crippen LogP contribution is 2.31. The minimum atomic E-state index is -3.95. The summed E-state index contributed by atoms with van der Waals surface area (Å²) in [5.41, 5.74) is 1.40. The van der Waals surface area contributed by atoms with E-state index in [-0.39, 0.29) is 23.7 Å². The van der Waals surface area contributed by atoms with E-state index >= 15 is 0 Å². The van der Waals surface area contributed by atoms with Gasteiger partial charge in [0.2, 0.25) is 21.8 Å². The van der Waals surface area contributed by atoms with E-state index < -0.39 is 34.4 Å². The number of ether oxygens (including phenoxy) is 1. The fourth-order valence-electron chi connectivity index (χ4n) is 4.12. The average Bonchev–Trinajstić information content (AvgIpc) is 2.90. The van der Waals surface area contributed by atoms with Crippen LogP contribution in [-0.2, 0) is 32.6 Å². The number of amides is 2. The number of nitrogens with one attached hydrogen (secondary N) is 1. The first-order valence-corrected chi connectivity index (χ1v) is 15.3. The third kappa shape index (κ3) is 8.04. The number of benzene rings is 3. The Morgan fingerprint density at radius 3 is 2.15 bits per heavy atom. The molecule has 0 aliphatic heterocycles. The Morgan fingerprint density at radius 1 is 0.950 bits per heavy atom. The van der Waals surface area contributed by atoms with Gasteiger partial charge in [-0.3, -0.25) is 13.9 Å². The van der Waals surface area contributed by atoms with Crippen molar-refractivity contribution in [2.75, 3.05) is 30.8 Å². The molecule has 0 aliphatic rings. The number of sulfonamides is 1. The highest BCUT2D eigenvalue weighted by molar-refractivity contribution is 7.92. The maximum absolute atomic E-state index is 14.0. The van der Waals surface area contributed by atoms with Crippen molar-refractivity contribution in [3.63, 3.8) is 0 Å². The van der Waals surface area contributed by atoms with Gasteiger partial charge in [0.05, 0.1) is 24.1 Å². The van der Waals surface area contributed by atoms with Crippen molar-refractivity contribution in [1.29, 1.82) is 0 Å². The Balaban J connectivity index is 2.09. The number of halogens is 3. The van der Waals surface area contributed by atoms with E-state index in [2.05, 4.69) is 5.32 Å². The Kier molecular flexibility index (Phi) is 11.1. The van der Waals surface area contributed by atoms with Crippen molar-refractivity contribution >= 4 is 62.3 Å². The lowest BCUT2D eigenvalue weighted by molar-refractivity contribution is -0.140. The smallest absolute Gasteiger partial charge is 0.244 e. The summed E-state index contributed by atoms with van der Waals surface area (Å²) in [6.45, 7) is 1.37. The molecule has 0 fully saturated rings. The van der Waals surface area contributed by atoms with E-state index in [1.165, 1.54) is 30.2 Å². The second-order valence-corrected chi connectivity index (χ2v) is 12.0. The molecular formula is C28H30Cl3N3O5S. The molecule has 0 unspecified atom stereocenters. The number of anilines is 1. The van der Waals surface area contributed by atoms with Crippen molar-refractivity contribution in [3.05, 3.63) is 92.9 Å². The van der Waals surface area contributed by atoms with Crippen molar-refractivity contribution in [1.82, 2.24) is 10.2 Å². The first-order chi connectivity index (χ1) is 19.0. The number of rotatable bonds is 12. The molecule has 0 bridgehead atoms. The summed E-state index contributed by atoms with van der Waals surface area (Å²) in [5.74, 6) is -0.693. The Hall–Kier alpha value is -2.98. The van der Waals surface area contributed by atoms with Crippen LogP contribution < -0.4 is 14.4 Å². The topological polar surface area (TPSA) is 96.0 Å². The summed E-state index contributed by atoms with van der Waals surface area (Å²) in [5, 5.41) is 3.57. The predicted octanol–water partition coefficient (Wildman–Crippen LogP) is 5.20. The number of methoxy groups -OCH3 is 1. The molecule has 0 saturated heterocycles. The molecule has 0 aromatic heterocycles. The molecule has 2 amide bonds. The molecule has 3 aromatic carbocycles. The van der Waals surface area contributed by atoms with Crippen LogP contribution in [0.4, 0.5) is 5.69 Å². The molecule has 3 aromatic rings. The summed E-state index contributed by atoms with van der Waals surface area (Å²) in [6, 6.07) is 17.5. The number of hydrogen-bond donors (Lipinski definition) is 1. The third-order valence-electron chi connectivity index (χ3n) is 6.11. The molecule has 0 heterocycles. The van der Waals surface area contributed by atoms with Crippen LogP contribution in [0.25, 0.3) is 0 Å².